The minimum atomic E-state index is -1.77. The van der Waals surface area contributed by atoms with Crippen LogP contribution in [0.25, 0.3) is 0 Å². The van der Waals surface area contributed by atoms with Crippen molar-refractivity contribution in [2.45, 2.75) is 117 Å². The average molecular weight is 461 g/mol. The van der Waals surface area contributed by atoms with Crippen molar-refractivity contribution >= 4 is 20.1 Å². The van der Waals surface area contributed by atoms with Crippen molar-refractivity contribution in [1.82, 2.24) is 0 Å². The van der Waals surface area contributed by atoms with E-state index < -0.39 is 14.4 Å². The molecule has 0 heterocycles. The topological polar surface area (TPSA) is 52.6 Å². The number of ketones is 1. The predicted molar refractivity (Wildman–Crippen MR) is 130 cm³/mol. The number of rotatable bonds is 3. The van der Waals surface area contributed by atoms with Gasteiger partial charge in [0.25, 0.3) is 0 Å². The number of carbonyl (C=O) groups is 2. The lowest BCUT2D eigenvalue weighted by atomic mass is 9.48. The van der Waals surface area contributed by atoms with Crippen LogP contribution in [0.2, 0.25) is 18.1 Å². The molecule has 32 heavy (non-hydrogen) atoms. The second-order valence-electron chi connectivity index (χ2n) is 13.2. The lowest BCUT2D eigenvalue weighted by Crippen LogP contribution is -2.52. The molecule has 0 unspecified atom stereocenters. The van der Waals surface area contributed by atoms with E-state index in [0.29, 0.717) is 30.3 Å². The summed E-state index contributed by atoms with van der Waals surface area (Å²) in [5.41, 5.74) is 1.50. The standard InChI is InChI=1S/C27H44O4Si/c1-17(28)30-23-16-22-20-10-9-18-15-19(31-32(7,8)25(2,3)4)11-13-26(18,5)21(20)12-14-27(22,6)24(23)29/h9,19-23H,10-16H2,1-8H3/t19-,20-,21-,22-,23-,26+,27+/m1/s1. The monoisotopic (exact) mass is 460 g/mol. The van der Waals surface area contributed by atoms with Gasteiger partial charge in [-0.2, -0.15) is 0 Å². The zero-order valence-corrected chi connectivity index (χ0v) is 22.5. The van der Waals surface area contributed by atoms with Crippen LogP contribution in [0.3, 0.4) is 0 Å². The number of Topliss-reactive ketones (excluding diaryl/α,β-unsaturated/α-hetero) is 1. The molecule has 0 aromatic rings. The van der Waals surface area contributed by atoms with Crippen molar-refractivity contribution < 1.29 is 18.8 Å². The van der Waals surface area contributed by atoms with E-state index in [0.717, 1.165) is 32.1 Å². The van der Waals surface area contributed by atoms with Gasteiger partial charge < -0.3 is 9.16 Å². The molecule has 4 rings (SSSR count). The Morgan fingerprint density at radius 3 is 2.38 bits per heavy atom. The molecule has 180 valence electrons. The van der Waals surface area contributed by atoms with Gasteiger partial charge in [0.15, 0.2) is 20.2 Å². The van der Waals surface area contributed by atoms with Crippen LogP contribution >= 0.6 is 0 Å². The van der Waals surface area contributed by atoms with Crippen LogP contribution < -0.4 is 0 Å². The fourth-order valence-electron chi connectivity index (χ4n) is 7.39. The van der Waals surface area contributed by atoms with Gasteiger partial charge >= 0.3 is 5.97 Å². The maximum Gasteiger partial charge on any atom is 0.303 e. The van der Waals surface area contributed by atoms with Crippen molar-refractivity contribution in [2.75, 3.05) is 0 Å². The van der Waals surface area contributed by atoms with E-state index in [4.69, 9.17) is 9.16 Å². The van der Waals surface area contributed by atoms with E-state index in [1.165, 1.54) is 13.3 Å². The lowest BCUT2D eigenvalue weighted by Gasteiger charge is -2.57. The molecule has 0 aliphatic heterocycles. The minimum Gasteiger partial charge on any atom is -0.455 e. The summed E-state index contributed by atoms with van der Waals surface area (Å²) in [4.78, 5) is 24.8. The highest BCUT2D eigenvalue weighted by molar-refractivity contribution is 6.74. The van der Waals surface area contributed by atoms with Gasteiger partial charge in [0.1, 0.15) is 0 Å². The Kier molecular flexibility index (Phi) is 5.89. The third kappa shape index (κ3) is 3.75. The van der Waals surface area contributed by atoms with Crippen molar-refractivity contribution in [3.8, 4) is 0 Å². The molecule has 0 N–H and O–H groups in total. The Morgan fingerprint density at radius 1 is 1.09 bits per heavy atom. The molecule has 4 nitrogen and oxygen atoms in total. The first kappa shape index (κ1) is 24.2. The van der Waals surface area contributed by atoms with Crippen LogP contribution in [0.5, 0.6) is 0 Å². The van der Waals surface area contributed by atoms with Crippen LogP contribution in [0.4, 0.5) is 0 Å². The summed E-state index contributed by atoms with van der Waals surface area (Å²) in [5.74, 6) is 1.31. The summed E-state index contributed by atoms with van der Waals surface area (Å²) < 4.78 is 12.3. The Hall–Kier alpha value is -0.943. The molecular weight excluding hydrogens is 416 g/mol. The summed E-state index contributed by atoms with van der Waals surface area (Å²) in [7, 11) is -1.77. The molecule has 0 saturated heterocycles. The summed E-state index contributed by atoms with van der Waals surface area (Å²) in [6, 6.07) is 0. The highest BCUT2D eigenvalue weighted by Crippen LogP contribution is 2.64. The van der Waals surface area contributed by atoms with Gasteiger partial charge in [-0.1, -0.05) is 46.3 Å². The van der Waals surface area contributed by atoms with Gasteiger partial charge in [-0.05, 0) is 86.2 Å². The van der Waals surface area contributed by atoms with Gasteiger partial charge in [0.05, 0.1) is 0 Å². The Bertz CT molecular complexity index is 824. The van der Waals surface area contributed by atoms with Crippen molar-refractivity contribution in [3.05, 3.63) is 11.6 Å². The summed E-state index contributed by atoms with van der Waals surface area (Å²) in [6.07, 6.45) is 9.54. The third-order valence-corrected chi connectivity index (χ3v) is 14.9. The highest BCUT2D eigenvalue weighted by Gasteiger charge is 2.62. The smallest absolute Gasteiger partial charge is 0.303 e. The summed E-state index contributed by atoms with van der Waals surface area (Å²) in [6.45, 7) is 17.7. The van der Waals surface area contributed by atoms with Crippen molar-refractivity contribution in [1.29, 1.82) is 0 Å². The fourth-order valence-corrected chi connectivity index (χ4v) is 8.78. The number of fused-ring (bicyclic) bond motifs is 5. The van der Waals surface area contributed by atoms with Gasteiger partial charge in [0, 0.05) is 18.4 Å². The SMILES string of the molecule is CC(=O)O[C@@H]1C[C@@H]2[C@@H]3CC=C4C[C@H](O[Si](C)(C)C(C)(C)C)CC[C@]4(C)[C@@H]3CC[C@]2(C)C1=O. The summed E-state index contributed by atoms with van der Waals surface area (Å²) >= 11 is 0. The second kappa shape index (κ2) is 7.80. The van der Waals surface area contributed by atoms with Crippen LogP contribution in [0.1, 0.15) is 86.5 Å². The fraction of sp³-hybridized carbons (Fsp3) is 0.852. The molecule has 4 aliphatic rings. The molecule has 7 atom stereocenters. The van der Waals surface area contributed by atoms with E-state index in [9.17, 15) is 9.59 Å². The molecular formula is C27H44O4Si. The molecule has 0 aromatic carbocycles. The molecule has 0 aromatic heterocycles. The minimum absolute atomic E-state index is 0.169. The normalized spacial score (nSPS) is 41.9. The van der Waals surface area contributed by atoms with Gasteiger partial charge in [0.2, 0.25) is 0 Å². The Labute approximate surface area is 196 Å². The predicted octanol–water partition coefficient (Wildman–Crippen LogP) is 6.45. The van der Waals surface area contributed by atoms with E-state index in [1.54, 1.807) is 5.57 Å². The van der Waals surface area contributed by atoms with Gasteiger partial charge in [-0.15, -0.1) is 0 Å². The highest BCUT2D eigenvalue weighted by atomic mass is 28.4. The first-order valence-electron chi connectivity index (χ1n) is 12.8. The average Bonchev–Trinajstić information content (AvgIpc) is 2.91. The zero-order valence-electron chi connectivity index (χ0n) is 21.5. The van der Waals surface area contributed by atoms with Gasteiger partial charge in [-0.3, -0.25) is 9.59 Å². The number of esters is 1. The number of allylic oxidation sites excluding steroid dienone is 1. The largest absolute Gasteiger partial charge is 0.455 e. The van der Waals surface area contributed by atoms with Crippen LogP contribution in [-0.2, 0) is 18.8 Å². The third-order valence-electron chi connectivity index (χ3n) is 10.3. The quantitative estimate of drug-likeness (QED) is 0.276. The molecule has 0 amide bonds. The second-order valence-corrected chi connectivity index (χ2v) is 17.9. The molecule has 0 bridgehead atoms. The number of hydrogen-bond donors (Lipinski definition) is 0. The summed E-state index contributed by atoms with van der Waals surface area (Å²) in [5, 5.41) is 0.237. The van der Waals surface area contributed by atoms with E-state index in [2.05, 4.69) is 53.8 Å². The number of ether oxygens (including phenoxy) is 1. The maximum atomic E-state index is 13.2. The first-order valence-corrected chi connectivity index (χ1v) is 15.7. The first-order chi connectivity index (χ1) is 14.7. The van der Waals surface area contributed by atoms with Crippen LogP contribution in [0.15, 0.2) is 11.6 Å². The Morgan fingerprint density at radius 2 is 1.75 bits per heavy atom. The van der Waals surface area contributed by atoms with Crippen molar-refractivity contribution in [2.24, 2.45) is 28.6 Å². The van der Waals surface area contributed by atoms with Crippen molar-refractivity contribution in [3.63, 3.8) is 0 Å². The molecule has 3 fully saturated rings. The van der Waals surface area contributed by atoms with E-state index in [1.807, 2.05) is 0 Å². The zero-order chi connectivity index (χ0) is 23.7. The lowest BCUT2D eigenvalue weighted by molar-refractivity contribution is -0.153. The van der Waals surface area contributed by atoms with Crippen LogP contribution in [-0.4, -0.2) is 32.3 Å². The molecule has 4 aliphatic carbocycles. The van der Waals surface area contributed by atoms with E-state index in [-0.39, 0.29) is 27.6 Å². The number of hydrogen-bond acceptors (Lipinski definition) is 4. The molecule has 0 radical (unpaired) electrons. The molecule has 5 heteroatoms. The molecule has 0 spiro atoms. The van der Waals surface area contributed by atoms with Gasteiger partial charge in [-0.25, -0.2) is 0 Å². The number of carbonyl (C=O) groups excluding carboxylic acids is 2. The van der Waals surface area contributed by atoms with Crippen LogP contribution in [0, 0.1) is 28.6 Å². The molecule has 3 saturated carbocycles. The van der Waals surface area contributed by atoms with E-state index >= 15 is 0 Å². The Balaban J connectivity index is 1.54. The maximum absolute atomic E-state index is 13.2.